The smallest absolute Gasteiger partial charge is 0.233 e. The number of benzene rings is 1. The Morgan fingerprint density at radius 2 is 2.16 bits per heavy atom. The lowest BCUT2D eigenvalue weighted by atomic mass is 10.1. The van der Waals surface area contributed by atoms with Crippen molar-refractivity contribution in [1.82, 2.24) is 24.6 Å². The van der Waals surface area contributed by atoms with Crippen LogP contribution in [-0.4, -0.2) is 62.1 Å². The Morgan fingerprint density at radius 3 is 2.94 bits per heavy atom. The zero-order chi connectivity index (χ0) is 21.9. The fraction of sp³-hybridized carbons (Fsp3) is 0.542. The van der Waals surface area contributed by atoms with Crippen molar-refractivity contribution in [2.75, 3.05) is 25.4 Å². The number of rotatable bonds is 10. The minimum atomic E-state index is 0.163. The van der Waals surface area contributed by atoms with Gasteiger partial charge in [-0.25, -0.2) is 0 Å². The van der Waals surface area contributed by atoms with Crippen LogP contribution < -0.4 is 0 Å². The number of fused-ring (bicyclic) bond motifs is 1. The van der Waals surface area contributed by atoms with Crippen molar-refractivity contribution >= 4 is 28.6 Å². The molecule has 0 unspecified atom stereocenters. The number of H-pyrrole nitrogens is 1. The average Bonchev–Trinajstić information content (AvgIpc) is 3.18. The van der Waals surface area contributed by atoms with E-state index in [0.717, 1.165) is 66.4 Å². The molecule has 1 aliphatic carbocycles. The molecule has 0 radical (unpaired) electrons. The van der Waals surface area contributed by atoms with Crippen molar-refractivity contribution in [2.45, 2.75) is 56.8 Å². The van der Waals surface area contributed by atoms with Gasteiger partial charge in [-0.15, -0.1) is 10.2 Å². The summed E-state index contributed by atoms with van der Waals surface area (Å²) in [4.78, 5) is 18.3. The summed E-state index contributed by atoms with van der Waals surface area (Å²) < 4.78 is 8.07. The predicted molar refractivity (Wildman–Crippen MR) is 127 cm³/mol. The topological polar surface area (TPSA) is 76.0 Å². The second-order valence-corrected chi connectivity index (χ2v) is 9.81. The predicted octanol–water partition coefficient (Wildman–Crippen LogP) is 4.35. The SMILES string of the molecule is CCCN(CC1CC1)C(=O)CSc1nnc(-c2c[nH]c3ccccc23)n1C[C@@H]1CCCO1. The van der Waals surface area contributed by atoms with E-state index in [2.05, 4.69) is 38.8 Å². The highest BCUT2D eigenvalue weighted by molar-refractivity contribution is 7.99. The first kappa shape index (κ1) is 21.5. The lowest BCUT2D eigenvalue weighted by Gasteiger charge is -2.22. The number of hydrogen-bond donors (Lipinski definition) is 1. The Bertz CT molecular complexity index is 1070. The van der Waals surface area contributed by atoms with E-state index >= 15 is 0 Å². The largest absolute Gasteiger partial charge is 0.376 e. The van der Waals surface area contributed by atoms with E-state index in [-0.39, 0.29) is 12.0 Å². The fourth-order valence-electron chi connectivity index (χ4n) is 4.43. The first-order chi connectivity index (χ1) is 15.7. The lowest BCUT2D eigenvalue weighted by molar-refractivity contribution is -0.128. The van der Waals surface area contributed by atoms with Crippen molar-refractivity contribution in [1.29, 1.82) is 0 Å². The molecule has 5 rings (SSSR count). The first-order valence-electron chi connectivity index (χ1n) is 11.7. The molecule has 7 nitrogen and oxygen atoms in total. The molecule has 3 heterocycles. The van der Waals surface area contributed by atoms with Crippen molar-refractivity contribution in [3.8, 4) is 11.4 Å². The van der Waals surface area contributed by atoms with E-state index < -0.39 is 0 Å². The molecule has 1 aliphatic heterocycles. The van der Waals surface area contributed by atoms with Gasteiger partial charge in [0.25, 0.3) is 0 Å². The molecule has 0 spiro atoms. The summed E-state index contributed by atoms with van der Waals surface area (Å²) in [6, 6.07) is 8.23. The number of nitrogens with zero attached hydrogens (tertiary/aromatic N) is 4. The summed E-state index contributed by atoms with van der Waals surface area (Å²) in [5, 5.41) is 11.0. The van der Waals surface area contributed by atoms with Gasteiger partial charge in [-0.2, -0.15) is 0 Å². The van der Waals surface area contributed by atoms with Crippen LogP contribution in [0.1, 0.15) is 39.0 Å². The number of para-hydroxylation sites is 1. The highest BCUT2D eigenvalue weighted by atomic mass is 32.2. The van der Waals surface area contributed by atoms with Crippen LogP contribution >= 0.6 is 11.8 Å². The Kier molecular flexibility index (Phi) is 6.50. The number of hydrogen-bond acceptors (Lipinski definition) is 5. The lowest BCUT2D eigenvalue weighted by Crippen LogP contribution is -2.35. The third-order valence-electron chi connectivity index (χ3n) is 6.30. The zero-order valence-corrected chi connectivity index (χ0v) is 19.4. The van der Waals surface area contributed by atoms with Crippen molar-refractivity contribution in [3.63, 3.8) is 0 Å². The molecule has 8 heteroatoms. The standard InChI is InChI=1S/C24H31N5O2S/c1-2-11-28(14-17-9-10-17)22(30)16-32-24-27-26-23(29(24)15-18-6-5-12-31-18)20-13-25-21-8-4-3-7-19(20)21/h3-4,7-8,13,17-18,25H,2,5-6,9-12,14-16H2,1H3/t18-/m0/s1. The number of ether oxygens (including phenoxy) is 1. The summed E-state index contributed by atoms with van der Waals surface area (Å²) in [5.41, 5.74) is 2.11. The zero-order valence-electron chi connectivity index (χ0n) is 18.6. The summed E-state index contributed by atoms with van der Waals surface area (Å²) in [5.74, 6) is 2.12. The van der Waals surface area contributed by atoms with E-state index in [4.69, 9.17) is 4.74 Å². The number of nitrogens with one attached hydrogen (secondary N) is 1. The minimum Gasteiger partial charge on any atom is -0.376 e. The van der Waals surface area contributed by atoms with Gasteiger partial charge in [0.2, 0.25) is 5.91 Å². The molecule has 0 bridgehead atoms. The van der Waals surface area contributed by atoms with Crippen molar-refractivity contribution in [2.24, 2.45) is 5.92 Å². The molecule has 1 saturated carbocycles. The number of aromatic nitrogens is 4. The van der Waals surface area contributed by atoms with Gasteiger partial charge in [-0.3, -0.25) is 9.36 Å². The van der Waals surface area contributed by atoms with E-state index in [1.165, 1.54) is 24.6 Å². The quantitative estimate of drug-likeness (QED) is 0.462. The van der Waals surface area contributed by atoms with Crippen LogP contribution in [0.5, 0.6) is 0 Å². The first-order valence-corrected chi connectivity index (χ1v) is 12.7. The Labute approximate surface area is 192 Å². The van der Waals surface area contributed by atoms with Gasteiger partial charge in [0.15, 0.2) is 11.0 Å². The third-order valence-corrected chi connectivity index (χ3v) is 7.26. The highest BCUT2D eigenvalue weighted by Gasteiger charge is 2.27. The molecule has 1 N–H and O–H groups in total. The van der Waals surface area contributed by atoms with Gasteiger partial charge >= 0.3 is 0 Å². The second-order valence-electron chi connectivity index (χ2n) is 8.87. The molecule has 1 aromatic carbocycles. The molecule has 2 aliphatic rings. The molecule has 1 saturated heterocycles. The van der Waals surface area contributed by atoms with Gasteiger partial charge in [0.05, 0.1) is 18.4 Å². The Morgan fingerprint density at radius 1 is 1.28 bits per heavy atom. The van der Waals surface area contributed by atoms with E-state index in [1.807, 2.05) is 23.2 Å². The normalized spacial score (nSPS) is 18.5. The maximum absolute atomic E-state index is 13.0. The molecule has 1 amide bonds. The Hall–Kier alpha value is -2.32. The van der Waals surface area contributed by atoms with Crippen molar-refractivity contribution < 1.29 is 9.53 Å². The molecule has 32 heavy (non-hydrogen) atoms. The number of carbonyl (C=O) groups excluding carboxylic acids is 1. The minimum absolute atomic E-state index is 0.163. The maximum atomic E-state index is 13.0. The molecule has 2 fully saturated rings. The van der Waals surface area contributed by atoms with Crippen LogP contribution in [-0.2, 0) is 16.1 Å². The summed E-state index contributed by atoms with van der Waals surface area (Å²) >= 11 is 1.50. The van der Waals surface area contributed by atoms with Crippen LogP contribution in [0.4, 0.5) is 0 Å². The molecule has 2 aromatic heterocycles. The summed E-state index contributed by atoms with van der Waals surface area (Å²) in [6.07, 6.45) is 7.79. The molecule has 1 atom stereocenters. The number of carbonyl (C=O) groups is 1. The Balaban J connectivity index is 1.38. The molecular weight excluding hydrogens is 422 g/mol. The average molecular weight is 454 g/mol. The van der Waals surface area contributed by atoms with Gasteiger partial charge < -0.3 is 14.6 Å². The fourth-order valence-corrected chi connectivity index (χ4v) is 5.28. The number of amides is 1. The van der Waals surface area contributed by atoms with Crippen LogP contribution in [0, 0.1) is 5.92 Å². The summed E-state index contributed by atoms with van der Waals surface area (Å²) in [6.45, 7) is 5.38. The highest BCUT2D eigenvalue weighted by Crippen LogP contribution is 2.32. The monoisotopic (exact) mass is 453 g/mol. The van der Waals surface area contributed by atoms with E-state index in [9.17, 15) is 4.79 Å². The molecule has 3 aromatic rings. The third kappa shape index (κ3) is 4.71. The van der Waals surface area contributed by atoms with Crippen LogP contribution in [0.15, 0.2) is 35.6 Å². The van der Waals surface area contributed by atoms with Gasteiger partial charge in [-0.1, -0.05) is 36.9 Å². The van der Waals surface area contributed by atoms with Crippen LogP contribution in [0.25, 0.3) is 22.3 Å². The van der Waals surface area contributed by atoms with Gasteiger partial charge in [-0.05, 0) is 44.1 Å². The van der Waals surface area contributed by atoms with Gasteiger partial charge in [0, 0.05) is 42.4 Å². The summed E-state index contributed by atoms with van der Waals surface area (Å²) in [7, 11) is 0. The number of aromatic amines is 1. The van der Waals surface area contributed by atoms with E-state index in [0.29, 0.717) is 18.2 Å². The molecule has 170 valence electrons. The van der Waals surface area contributed by atoms with Gasteiger partial charge in [0.1, 0.15) is 0 Å². The maximum Gasteiger partial charge on any atom is 0.233 e. The van der Waals surface area contributed by atoms with E-state index in [1.54, 1.807) is 0 Å². The van der Waals surface area contributed by atoms with Crippen LogP contribution in [0.3, 0.4) is 0 Å². The van der Waals surface area contributed by atoms with Crippen molar-refractivity contribution in [3.05, 3.63) is 30.5 Å². The second kappa shape index (κ2) is 9.67. The molecular formula is C24H31N5O2S. The number of thioether (sulfide) groups is 1. The van der Waals surface area contributed by atoms with Crippen LogP contribution in [0.2, 0.25) is 0 Å².